The molecule has 4 nitrogen and oxygen atoms in total. The molecular weight excluding hydrogens is 286 g/mol. The van der Waals surface area contributed by atoms with Gasteiger partial charge < -0.3 is 11.1 Å². The van der Waals surface area contributed by atoms with Gasteiger partial charge in [-0.1, -0.05) is 17.7 Å². The van der Waals surface area contributed by atoms with Gasteiger partial charge in [0.1, 0.15) is 0 Å². The van der Waals surface area contributed by atoms with Crippen LogP contribution in [-0.4, -0.2) is 10.9 Å². The van der Waals surface area contributed by atoms with E-state index < -0.39 is 0 Å². The quantitative estimate of drug-likeness (QED) is 0.708. The maximum atomic E-state index is 12.3. The third kappa shape index (κ3) is 2.80. The number of carbonyl (C=O) groups is 1. The maximum Gasteiger partial charge on any atom is 0.257 e. The zero-order valence-electron chi connectivity index (χ0n) is 11.0. The second-order valence-corrected chi connectivity index (χ2v) is 5.03. The van der Waals surface area contributed by atoms with Crippen molar-refractivity contribution in [3.8, 4) is 0 Å². The van der Waals surface area contributed by atoms with E-state index in [1.807, 2.05) is 24.3 Å². The molecule has 0 atom stereocenters. The Kier molecular flexibility index (Phi) is 3.46. The molecule has 0 radical (unpaired) electrons. The zero-order valence-corrected chi connectivity index (χ0v) is 11.8. The number of aromatic nitrogens is 1. The van der Waals surface area contributed by atoms with Gasteiger partial charge in [-0.2, -0.15) is 0 Å². The Bertz CT molecular complexity index is 833. The SMILES string of the molecule is Nc1ccc(Cl)cc1C(=O)Nc1ccc2ncccc2c1. The average Bonchev–Trinajstić information content (AvgIpc) is 2.49. The highest BCUT2D eigenvalue weighted by Crippen LogP contribution is 2.21. The number of nitrogens with zero attached hydrogens (tertiary/aromatic N) is 1. The van der Waals surface area contributed by atoms with Crippen LogP contribution in [-0.2, 0) is 0 Å². The second-order valence-electron chi connectivity index (χ2n) is 4.60. The molecule has 1 aromatic heterocycles. The average molecular weight is 298 g/mol. The molecular formula is C16H12ClN3O. The summed E-state index contributed by atoms with van der Waals surface area (Å²) in [5.41, 5.74) is 8.10. The van der Waals surface area contributed by atoms with Gasteiger partial charge in [-0.05, 0) is 42.5 Å². The lowest BCUT2D eigenvalue weighted by Gasteiger charge is -2.08. The van der Waals surface area contributed by atoms with Gasteiger partial charge >= 0.3 is 0 Å². The minimum Gasteiger partial charge on any atom is -0.398 e. The fraction of sp³-hybridized carbons (Fsp3) is 0. The number of hydrogen-bond donors (Lipinski definition) is 2. The topological polar surface area (TPSA) is 68.0 Å². The van der Waals surface area contributed by atoms with Crippen LogP contribution in [0.25, 0.3) is 10.9 Å². The summed E-state index contributed by atoms with van der Waals surface area (Å²) in [5, 5.41) is 4.24. The number of anilines is 2. The lowest BCUT2D eigenvalue weighted by molar-refractivity contribution is 0.102. The van der Waals surface area contributed by atoms with E-state index in [0.717, 1.165) is 10.9 Å². The van der Waals surface area contributed by atoms with Crippen LogP contribution in [0, 0.1) is 0 Å². The molecule has 2 aromatic carbocycles. The zero-order chi connectivity index (χ0) is 14.8. The molecule has 0 saturated heterocycles. The van der Waals surface area contributed by atoms with Gasteiger partial charge in [0.2, 0.25) is 0 Å². The van der Waals surface area contributed by atoms with Gasteiger partial charge in [-0.15, -0.1) is 0 Å². The minimum absolute atomic E-state index is 0.293. The van der Waals surface area contributed by atoms with E-state index in [4.69, 9.17) is 17.3 Å². The third-order valence-electron chi connectivity index (χ3n) is 3.12. The minimum atomic E-state index is -0.293. The van der Waals surface area contributed by atoms with E-state index in [9.17, 15) is 4.79 Å². The lowest BCUT2D eigenvalue weighted by atomic mass is 10.1. The molecule has 3 N–H and O–H groups in total. The first-order valence-corrected chi connectivity index (χ1v) is 6.72. The Hall–Kier alpha value is -2.59. The number of nitrogens with one attached hydrogen (secondary N) is 1. The summed E-state index contributed by atoms with van der Waals surface area (Å²) in [5.74, 6) is -0.293. The van der Waals surface area contributed by atoms with Crippen molar-refractivity contribution >= 4 is 39.8 Å². The highest BCUT2D eigenvalue weighted by atomic mass is 35.5. The molecule has 0 aliphatic rings. The van der Waals surface area contributed by atoms with E-state index in [0.29, 0.717) is 22.0 Å². The first-order valence-electron chi connectivity index (χ1n) is 6.34. The fourth-order valence-corrected chi connectivity index (χ4v) is 2.25. The van der Waals surface area contributed by atoms with Crippen LogP contribution in [0.1, 0.15) is 10.4 Å². The normalized spacial score (nSPS) is 10.5. The van der Waals surface area contributed by atoms with Gasteiger partial charge in [0.05, 0.1) is 11.1 Å². The van der Waals surface area contributed by atoms with Gasteiger partial charge in [0.25, 0.3) is 5.91 Å². The Labute approximate surface area is 126 Å². The summed E-state index contributed by atoms with van der Waals surface area (Å²) >= 11 is 5.90. The van der Waals surface area contributed by atoms with Crippen LogP contribution in [0.4, 0.5) is 11.4 Å². The summed E-state index contributed by atoms with van der Waals surface area (Å²) in [4.78, 5) is 16.5. The van der Waals surface area contributed by atoms with Gasteiger partial charge in [0.15, 0.2) is 0 Å². The first-order chi connectivity index (χ1) is 10.1. The highest BCUT2D eigenvalue weighted by Gasteiger charge is 2.11. The second kappa shape index (κ2) is 5.42. The largest absolute Gasteiger partial charge is 0.398 e. The summed E-state index contributed by atoms with van der Waals surface area (Å²) in [6.45, 7) is 0. The van der Waals surface area contributed by atoms with Crippen LogP contribution >= 0.6 is 11.6 Å². The number of fused-ring (bicyclic) bond motifs is 1. The number of halogens is 1. The van der Waals surface area contributed by atoms with Crippen molar-refractivity contribution in [2.75, 3.05) is 11.1 Å². The maximum absolute atomic E-state index is 12.3. The molecule has 104 valence electrons. The number of nitrogens with two attached hydrogens (primary N) is 1. The standard InChI is InChI=1S/C16H12ClN3O/c17-11-3-5-14(18)13(9-11)16(21)20-12-4-6-15-10(8-12)2-1-7-19-15/h1-9H,18H2,(H,20,21). The third-order valence-corrected chi connectivity index (χ3v) is 3.36. The van der Waals surface area contributed by atoms with Crippen molar-refractivity contribution < 1.29 is 4.79 Å². The van der Waals surface area contributed by atoms with Gasteiger partial charge in [-0.25, -0.2) is 0 Å². The predicted octanol–water partition coefficient (Wildman–Crippen LogP) is 3.72. The van der Waals surface area contributed by atoms with Crippen LogP contribution < -0.4 is 11.1 Å². The number of hydrogen-bond acceptors (Lipinski definition) is 3. The molecule has 21 heavy (non-hydrogen) atoms. The fourth-order valence-electron chi connectivity index (χ4n) is 2.08. The van der Waals surface area contributed by atoms with E-state index in [1.54, 1.807) is 30.5 Å². The smallest absolute Gasteiger partial charge is 0.257 e. The number of amides is 1. The van der Waals surface area contributed by atoms with Gasteiger partial charge in [0, 0.05) is 28.0 Å². The molecule has 3 rings (SSSR count). The first kappa shape index (κ1) is 13.4. The number of pyridine rings is 1. The van der Waals surface area contributed by atoms with Crippen molar-refractivity contribution in [3.63, 3.8) is 0 Å². The molecule has 0 spiro atoms. The van der Waals surface area contributed by atoms with Crippen LogP contribution in [0.5, 0.6) is 0 Å². The summed E-state index contributed by atoms with van der Waals surface area (Å²) in [6, 6.07) is 14.1. The van der Waals surface area contributed by atoms with E-state index in [1.165, 1.54) is 0 Å². The summed E-state index contributed by atoms with van der Waals surface area (Å²) in [7, 11) is 0. The Morgan fingerprint density at radius 1 is 1.14 bits per heavy atom. The number of benzene rings is 2. The lowest BCUT2D eigenvalue weighted by Crippen LogP contribution is -2.14. The van der Waals surface area contributed by atoms with Crippen molar-refractivity contribution in [1.29, 1.82) is 0 Å². The molecule has 1 heterocycles. The van der Waals surface area contributed by atoms with E-state index in [2.05, 4.69) is 10.3 Å². The van der Waals surface area contributed by atoms with Crippen LogP contribution in [0.2, 0.25) is 5.02 Å². The van der Waals surface area contributed by atoms with Crippen molar-refractivity contribution in [2.24, 2.45) is 0 Å². The van der Waals surface area contributed by atoms with Crippen LogP contribution in [0.3, 0.4) is 0 Å². The Morgan fingerprint density at radius 2 is 2.00 bits per heavy atom. The Morgan fingerprint density at radius 3 is 2.86 bits per heavy atom. The molecule has 1 amide bonds. The predicted molar refractivity (Wildman–Crippen MR) is 85.6 cm³/mol. The monoisotopic (exact) mass is 297 g/mol. The van der Waals surface area contributed by atoms with Crippen molar-refractivity contribution in [3.05, 3.63) is 65.3 Å². The van der Waals surface area contributed by atoms with Gasteiger partial charge in [-0.3, -0.25) is 9.78 Å². The summed E-state index contributed by atoms with van der Waals surface area (Å²) in [6.07, 6.45) is 1.73. The summed E-state index contributed by atoms with van der Waals surface area (Å²) < 4.78 is 0. The van der Waals surface area contributed by atoms with Crippen molar-refractivity contribution in [2.45, 2.75) is 0 Å². The Balaban J connectivity index is 1.90. The van der Waals surface area contributed by atoms with Crippen molar-refractivity contribution in [1.82, 2.24) is 4.98 Å². The highest BCUT2D eigenvalue weighted by molar-refractivity contribution is 6.31. The van der Waals surface area contributed by atoms with E-state index in [-0.39, 0.29) is 5.91 Å². The molecule has 3 aromatic rings. The number of nitrogen functional groups attached to an aromatic ring is 1. The molecule has 0 aliphatic carbocycles. The number of carbonyl (C=O) groups excluding carboxylic acids is 1. The molecule has 0 unspecified atom stereocenters. The molecule has 0 saturated carbocycles. The molecule has 0 aliphatic heterocycles. The molecule has 0 bridgehead atoms. The number of rotatable bonds is 2. The molecule has 0 fully saturated rings. The molecule has 5 heteroatoms. The van der Waals surface area contributed by atoms with E-state index >= 15 is 0 Å². The van der Waals surface area contributed by atoms with Crippen LogP contribution in [0.15, 0.2) is 54.7 Å².